The zero-order chi connectivity index (χ0) is 14.9. The number of carboxylic acid groups (broad SMARTS) is 1. The van der Waals surface area contributed by atoms with Gasteiger partial charge in [-0.1, -0.05) is 43.5 Å². The van der Waals surface area contributed by atoms with Gasteiger partial charge in [0.2, 0.25) is 5.91 Å². The molecule has 4 heteroatoms. The van der Waals surface area contributed by atoms with Crippen molar-refractivity contribution in [3.63, 3.8) is 0 Å². The normalized spacial score (nSPS) is 20.1. The van der Waals surface area contributed by atoms with E-state index in [1.807, 2.05) is 24.3 Å². The molecule has 0 saturated heterocycles. The third kappa shape index (κ3) is 2.67. The van der Waals surface area contributed by atoms with Gasteiger partial charge in [-0.3, -0.25) is 9.59 Å². The molecule has 4 nitrogen and oxygen atoms in total. The summed E-state index contributed by atoms with van der Waals surface area (Å²) in [5, 5.41) is 9.58. The Bertz CT molecular complexity index is 536. The molecule has 21 heavy (non-hydrogen) atoms. The highest BCUT2D eigenvalue weighted by Gasteiger charge is 2.42. The first-order chi connectivity index (χ1) is 10.1. The zero-order valence-corrected chi connectivity index (χ0v) is 12.2. The lowest BCUT2D eigenvalue weighted by Crippen LogP contribution is -2.39. The molecule has 112 valence electrons. The van der Waals surface area contributed by atoms with Gasteiger partial charge < -0.3 is 10.0 Å². The lowest BCUT2D eigenvalue weighted by molar-refractivity contribution is -0.156. The average molecular weight is 287 g/mol. The van der Waals surface area contributed by atoms with Crippen LogP contribution in [0.4, 0.5) is 0 Å². The Kier molecular flexibility index (Phi) is 3.70. The summed E-state index contributed by atoms with van der Waals surface area (Å²) in [6.07, 6.45) is 4.33. The Labute approximate surface area is 124 Å². The summed E-state index contributed by atoms with van der Waals surface area (Å²) in [6, 6.07) is 8.03. The van der Waals surface area contributed by atoms with Crippen LogP contribution in [-0.2, 0) is 22.7 Å². The molecule has 0 atom stereocenters. The zero-order valence-electron chi connectivity index (χ0n) is 12.2. The molecule has 1 N–H and O–H groups in total. The van der Waals surface area contributed by atoms with Crippen LogP contribution in [0.5, 0.6) is 0 Å². The summed E-state index contributed by atoms with van der Waals surface area (Å²) in [7, 11) is 0. The van der Waals surface area contributed by atoms with Gasteiger partial charge in [-0.15, -0.1) is 0 Å². The van der Waals surface area contributed by atoms with Crippen LogP contribution in [0.1, 0.15) is 49.7 Å². The van der Waals surface area contributed by atoms with Crippen molar-refractivity contribution in [2.24, 2.45) is 5.41 Å². The average Bonchev–Trinajstić information content (AvgIpc) is 2.92. The molecule has 0 aromatic heterocycles. The third-order valence-corrected chi connectivity index (χ3v) is 4.95. The van der Waals surface area contributed by atoms with Gasteiger partial charge in [0.05, 0.1) is 5.41 Å². The maximum Gasteiger partial charge on any atom is 0.310 e. The number of benzene rings is 1. The van der Waals surface area contributed by atoms with Crippen LogP contribution in [0.2, 0.25) is 0 Å². The summed E-state index contributed by atoms with van der Waals surface area (Å²) in [6.45, 7) is 1.23. The van der Waals surface area contributed by atoms with Gasteiger partial charge in [0.15, 0.2) is 0 Å². The number of hydrogen-bond donors (Lipinski definition) is 1. The molecular weight excluding hydrogens is 266 g/mol. The first kappa shape index (κ1) is 14.1. The Hall–Kier alpha value is -1.84. The number of hydrogen-bond acceptors (Lipinski definition) is 2. The Morgan fingerprint density at radius 2 is 1.62 bits per heavy atom. The van der Waals surface area contributed by atoms with E-state index < -0.39 is 11.4 Å². The fraction of sp³-hybridized carbons (Fsp3) is 0.529. The van der Waals surface area contributed by atoms with Gasteiger partial charge in [0.25, 0.3) is 0 Å². The number of carbonyl (C=O) groups is 2. The lowest BCUT2D eigenvalue weighted by Gasteiger charge is -2.33. The van der Waals surface area contributed by atoms with Gasteiger partial charge in [-0.2, -0.15) is 0 Å². The van der Waals surface area contributed by atoms with Crippen LogP contribution in [0, 0.1) is 5.41 Å². The predicted molar refractivity (Wildman–Crippen MR) is 78.5 cm³/mol. The maximum absolute atomic E-state index is 12.6. The molecule has 1 aliphatic carbocycles. The molecule has 1 heterocycles. The van der Waals surface area contributed by atoms with Crippen LogP contribution in [-0.4, -0.2) is 21.9 Å². The Balaban J connectivity index is 1.70. The van der Waals surface area contributed by atoms with Crippen LogP contribution in [0.3, 0.4) is 0 Å². The minimum absolute atomic E-state index is 0.0181. The molecule has 1 aromatic carbocycles. The van der Waals surface area contributed by atoms with Gasteiger partial charge in [-0.05, 0) is 24.0 Å². The molecule has 1 aliphatic heterocycles. The lowest BCUT2D eigenvalue weighted by atomic mass is 9.71. The molecule has 1 aromatic rings. The summed E-state index contributed by atoms with van der Waals surface area (Å²) in [4.78, 5) is 26.0. The molecule has 0 unspecified atom stereocenters. The summed E-state index contributed by atoms with van der Waals surface area (Å²) in [5.74, 6) is -0.817. The topological polar surface area (TPSA) is 57.6 Å². The van der Waals surface area contributed by atoms with Crippen LogP contribution in [0.15, 0.2) is 24.3 Å². The minimum atomic E-state index is -0.829. The van der Waals surface area contributed by atoms with Crippen molar-refractivity contribution in [2.75, 3.05) is 0 Å². The standard InChI is InChI=1S/C17H21NO3/c19-15(10-17(16(20)21)8-4-1-5-9-17)18-11-13-6-2-3-7-14(13)12-18/h2-3,6-7H,1,4-5,8-12H2,(H,20,21). The second-order valence-electron chi connectivity index (χ2n) is 6.34. The molecule has 0 bridgehead atoms. The molecular formula is C17H21NO3. The van der Waals surface area contributed by atoms with Gasteiger partial charge in [0, 0.05) is 19.5 Å². The fourth-order valence-electron chi connectivity index (χ4n) is 3.61. The Morgan fingerprint density at radius 3 is 2.14 bits per heavy atom. The molecule has 1 saturated carbocycles. The van der Waals surface area contributed by atoms with Crippen molar-refractivity contribution in [3.8, 4) is 0 Å². The third-order valence-electron chi connectivity index (χ3n) is 4.95. The molecule has 0 spiro atoms. The molecule has 3 rings (SSSR count). The van der Waals surface area contributed by atoms with E-state index in [4.69, 9.17) is 0 Å². The largest absolute Gasteiger partial charge is 0.481 e. The highest BCUT2D eigenvalue weighted by molar-refractivity contribution is 5.85. The minimum Gasteiger partial charge on any atom is -0.481 e. The summed E-state index contributed by atoms with van der Waals surface area (Å²) < 4.78 is 0. The number of nitrogens with zero attached hydrogens (tertiary/aromatic N) is 1. The second-order valence-corrected chi connectivity index (χ2v) is 6.34. The van der Waals surface area contributed by atoms with E-state index in [0.717, 1.165) is 19.3 Å². The van der Waals surface area contributed by atoms with Crippen molar-refractivity contribution < 1.29 is 14.7 Å². The monoisotopic (exact) mass is 287 g/mol. The van der Waals surface area contributed by atoms with E-state index in [2.05, 4.69) is 0 Å². The van der Waals surface area contributed by atoms with E-state index in [-0.39, 0.29) is 12.3 Å². The van der Waals surface area contributed by atoms with E-state index >= 15 is 0 Å². The van der Waals surface area contributed by atoms with Crippen molar-refractivity contribution in [1.82, 2.24) is 4.90 Å². The molecule has 0 radical (unpaired) electrons. The second kappa shape index (κ2) is 5.51. The van der Waals surface area contributed by atoms with E-state index in [1.165, 1.54) is 11.1 Å². The number of amides is 1. The van der Waals surface area contributed by atoms with E-state index in [9.17, 15) is 14.7 Å². The number of rotatable bonds is 3. The first-order valence-corrected chi connectivity index (χ1v) is 7.69. The van der Waals surface area contributed by atoms with Crippen LogP contribution >= 0.6 is 0 Å². The van der Waals surface area contributed by atoms with Crippen LogP contribution < -0.4 is 0 Å². The van der Waals surface area contributed by atoms with Gasteiger partial charge >= 0.3 is 5.97 Å². The SMILES string of the molecule is O=C(CC1(C(=O)O)CCCCC1)N1Cc2ccccc2C1. The Morgan fingerprint density at radius 1 is 1.05 bits per heavy atom. The highest BCUT2D eigenvalue weighted by atomic mass is 16.4. The van der Waals surface area contributed by atoms with Crippen molar-refractivity contribution in [3.05, 3.63) is 35.4 Å². The number of fused-ring (bicyclic) bond motifs is 1. The predicted octanol–water partition coefficient (Wildman–Crippen LogP) is 2.95. The van der Waals surface area contributed by atoms with Crippen LogP contribution in [0.25, 0.3) is 0 Å². The smallest absolute Gasteiger partial charge is 0.310 e. The summed E-state index contributed by atoms with van der Waals surface area (Å²) in [5.41, 5.74) is 1.53. The quantitative estimate of drug-likeness (QED) is 0.930. The first-order valence-electron chi connectivity index (χ1n) is 7.69. The highest BCUT2D eigenvalue weighted by Crippen LogP contribution is 2.40. The van der Waals surface area contributed by atoms with Crippen molar-refractivity contribution in [2.45, 2.75) is 51.6 Å². The number of carboxylic acids is 1. The number of aliphatic carboxylic acids is 1. The van der Waals surface area contributed by atoms with E-state index in [0.29, 0.717) is 25.9 Å². The molecule has 1 amide bonds. The van der Waals surface area contributed by atoms with E-state index in [1.54, 1.807) is 4.90 Å². The molecule has 1 fully saturated rings. The molecule has 2 aliphatic rings. The van der Waals surface area contributed by atoms with Gasteiger partial charge in [0.1, 0.15) is 0 Å². The van der Waals surface area contributed by atoms with Gasteiger partial charge in [-0.25, -0.2) is 0 Å². The number of carbonyl (C=O) groups excluding carboxylic acids is 1. The maximum atomic E-state index is 12.6. The van der Waals surface area contributed by atoms with Crippen molar-refractivity contribution >= 4 is 11.9 Å². The van der Waals surface area contributed by atoms with Crippen molar-refractivity contribution in [1.29, 1.82) is 0 Å². The fourth-order valence-corrected chi connectivity index (χ4v) is 3.61. The summed E-state index contributed by atoms with van der Waals surface area (Å²) >= 11 is 0.